The summed E-state index contributed by atoms with van der Waals surface area (Å²) in [7, 11) is 0. The van der Waals surface area contributed by atoms with Crippen molar-refractivity contribution in [3.63, 3.8) is 0 Å². The zero-order valence-electron chi connectivity index (χ0n) is 10.3. The summed E-state index contributed by atoms with van der Waals surface area (Å²) in [6.07, 6.45) is 1.40. The molecule has 0 radical (unpaired) electrons. The summed E-state index contributed by atoms with van der Waals surface area (Å²) in [5, 5.41) is 20.2. The van der Waals surface area contributed by atoms with Crippen LogP contribution in [-0.2, 0) is 0 Å². The Morgan fingerprint density at radius 3 is 2.85 bits per heavy atom. The summed E-state index contributed by atoms with van der Waals surface area (Å²) in [5.74, 6) is -0.273. The lowest BCUT2D eigenvalue weighted by Crippen LogP contribution is -2.18. The van der Waals surface area contributed by atoms with Gasteiger partial charge in [-0.2, -0.15) is 10.2 Å². The van der Waals surface area contributed by atoms with Crippen LogP contribution in [0.25, 0.3) is 0 Å². The van der Waals surface area contributed by atoms with Gasteiger partial charge in [0, 0.05) is 14.8 Å². The zero-order chi connectivity index (χ0) is 14.7. The molecular weight excluding hydrogens is 486 g/mol. The van der Waals surface area contributed by atoms with Crippen LogP contribution < -0.4 is 5.43 Å². The highest BCUT2D eigenvalue weighted by molar-refractivity contribution is 14.1. The molecule has 2 aromatic rings. The summed E-state index contributed by atoms with van der Waals surface area (Å²) in [6, 6.07) is 5.24. The fraction of sp³-hybridized carbons (Fsp3) is 0.0833. The van der Waals surface area contributed by atoms with Gasteiger partial charge >= 0.3 is 0 Å². The maximum atomic E-state index is 11.7. The Kier molecular flexibility index (Phi) is 4.96. The number of phenols is 1. The van der Waals surface area contributed by atoms with Gasteiger partial charge in [-0.25, -0.2) is 5.43 Å². The number of carbonyl (C=O) groups is 1. The highest BCUT2D eigenvalue weighted by Crippen LogP contribution is 2.25. The van der Waals surface area contributed by atoms with Gasteiger partial charge in [0.15, 0.2) is 5.69 Å². The van der Waals surface area contributed by atoms with Crippen molar-refractivity contribution in [3.05, 3.63) is 42.3 Å². The molecule has 0 saturated carbocycles. The summed E-state index contributed by atoms with van der Waals surface area (Å²) in [4.78, 5) is 11.7. The van der Waals surface area contributed by atoms with Crippen LogP contribution in [0.1, 0.15) is 21.7 Å². The van der Waals surface area contributed by atoms with Gasteiger partial charge in [-0.15, -0.1) is 0 Å². The molecule has 0 fully saturated rings. The number of rotatable bonds is 3. The highest BCUT2D eigenvalue weighted by atomic mass is 127. The fourth-order valence-corrected chi connectivity index (χ4v) is 3.33. The van der Waals surface area contributed by atoms with E-state index in [4.69, 9.17) is 0 Å². The molecule has 0 saturated heterocycles. The minimum Gasteiger partial charge on any atom is -0.506 e. The average molecular weight is 496 g/mol. The predicted molar refractivity (Wildman–Crippen MR) is 91.9 cm³/mol. The number of amides is 1. The van der Waals surface area contributed by atoms with Crippen LogP contribution in [0.5, 0.6) is 5.75 Å². The second-order valence-corrected chi connectivity index (χ2v) is 6.37. The second-order valence-electron chi connectivity index (χ2n) is 3.96. The van der Waals surface area contributed by atoms with Crippen molar-refractivity contribution < 1.29 is 9.90 Å². The smallest absolute Gasteiger partial charge is 0.291 e. The highest BCUT2D eigenvalue weighted by Gasteiger charge is 2.08. The summed E-state index contributed by atoms with van der Waals surface area (Å²) < 4.78 is 1.70. The first-order chi connectivity index (χ1) is 9.47. The van der Waals surface area contributed by atoms with Crippen molar-refractivity contribution in [3.8, 4) is 5.75 Å². The van der Waals surface area contributed by atoms with Gasteiger partial charge in [0.2, 0.25) is 0 Å². The molecule has 0 aliphatic carbocycles. The van der Waals surface area contributed by atoms with E-state index >= 15 is 0 Å². The standard InChI is InChI=1S/C12H10I2N4O2/c1-6-2-10(17-16-6)12(20)18-15-5-7-3-8(13)4-9(14)11(7)19/h2-5,19H,1H3,(H,16,17)(H,18,20)/b15-5-. The number of halogens is 2. The molecule has 0 bridgehead atoms. The number of benzene rings is 1. The molecule has 0 aliphatic rings. The topological polar surface area (TPSA) is 90.4 Å². The van der Waals surface area contributed by atoms with Crippen molar-refractivity contribution in [2.24, 2.45) is 5.10 Å². The van der Waals surface area contributed by atoms with Gasteiger partial charge in [0.25, 0.3) is 5.91 Å². The quantitative estimate of drug-likeness (QED) is 0.347. The normalized spacial score (nSPS) is 10.9. The van der Waals surface area contributed by atoms with Gasteiger partial charge in [0.1, 0.15) is 5.75 Å². The van der Waals surface area contributed by atoms with E-state index in [2.05, 4.69) is 43.3 Å². The van der Waals surface area contributed by atoms with E-state index in [1.54, 1.807) is 19.1 Å². The molecule has 0 aliphatic heterocycles. The molecule has 0 atom stereocenters. The van der Waals surface area contributed by atoms with Gasteiger partial charge in [-0.3, -0.25) is 9.89 Å². The van der Waals surface area contributed by atoms with Crippen LogP contribution in [0.15, 0.2) is 23.3 Å². The number of hydrazone groups is 1. The Balaban J connectivity index is 2.09. The molecule has 1 amide bonds. The number of hydrogen-bond donors (Lipinski definition) is 3. The zero-order valence-corrected chi connectivity index (χ0v) is 14.6. The van der Waals surface area contributed by atoms with Crippen molar-refractivity contribution in [2.75, 3.05) is 0 Å². The first-order valence-corrected chi connectivity index (χ1v) is 7.66. The number of carbonyl (C=O) groups excluding carboxylic acids is 1. The third kappa shape index (κ3) is 3.69. The lowest BCUT2D eigenvalue weighted by Gasteiger charge is -2.02. The van der Waals surface area contributed by atoms with Crippen LogP contribution in [0.4, 0.5) is 0 Å². The number of aromatic hydroxyl groups is 1. The molecule has 8 heteroatoms. The number of H-pyrrole nitrogens is 1. The first-order valence-electron chi connectivity index (χ1n) is 5.51. The fourth-order valence-electron chi connectivity index (χ4n) is 1.44. The Morgan fingerprint density at radius 2 is 2.20 bits per heavy atom. The largest absolute Gasteiger partial charge is 0.506 e. The molecule has 104 valence electrons. The maximum Gasteiger partial charge on any atom is 0.291 e. The molecule has 3 N–H and O–H groups in total. The van der Waals surface area contributed by atoms with Crippen LogP contribution in [0.2, 0.25) is 0 Å². The molecule has 1 aromatic heterocycles. The third-order valence-corrected chi connectivity index (χ3v) is 3.81. The summed E-state index contributed by atoms with van der Waals surface area (Å²) >= 11 is 4.18. The monoisotopic (exact) mass is 496 g/mol. The lowest BCUT2D eigenvalue weighted by atomic mass is 10.2. The van der Waals surface area contributed by atoms with E-state index in [-0.39, 0.29) is 11.4 Å². The number of nitrogens with one attached hydrogen (secondary N) is 2. The average Bonchev–Trinajstić information content (AvgIpc) is 2.81. The van der Waals surface area contributed by atoms with Gasteiger partial charge in [0.05, 0.1) is 9.78 Å². The Labute approximate surface area is 142 Å². The third-order valence-electron chi connectivity index (χ3n) is 2.37. The Hall–Kier alpha value is -1.17. The molecule has 0 spiro atoms. The van der Waals surface area contributed by atoms with E-state index in [9.17, 15) is 9.90 Å². The molecule has 0 unspecified atom stereocenters. The summed E-state index contributed by atoms with van der Waals surface area (Å²) in [5.41, 5.74) is 3.96. The van der Waals surface area contributed by atoms with Crippen LogP contribution in [0, 0.1) is 14.1 Å². The van der Waals surface area contributed by atoms with Crippen molar-refractivity contribution in [2.45, 2.75) is 6.92 Å². The van der Waals surface area contributed by atoms with Crippen molar-refractivity contribution >= 4 is 57.3 Å². The van der Waals surface area contributed by atoms with E-state index in [1.807, 2.05) is 28.7 Å². The molecule has 6 nitrogen and oxygen atoms in total. The number of aromatic amines is 1. The number of phenolic OH excluding ortho intramolecular Hbond substituents is 1. The number of hydrogen-bond acceptors (Lipinski definition) is 4. The Bertz CT molecular complexity index is 682. The van der Waals surface area contributed by atoms with Gasteiger partial charge < -0.3 is 5.11 Å². The maximum absolute atomic E-state index is 11.7. The minimum atomic E-state index is -0.412. The van der Waals surface area contributed by atoms with E-state index in [1.165, 1.54) is 6.21 Å². The van der Waals surface area contributed by atoms with Gasteiger partial charge in [-0.05, 0) is 70.3 Å². The number of aryl methyl sites for hydroxylation is 1. The SMILES string of the molecule is Cc1cc(C(=O)N/N=C\c2cc(I)cc(I)c2O)n[nH]1. The van der Waals surface area contributed by atoms with E-state index in [0.29, 0.717) is 5.56 Å². The molecular formula is C12H10I2N4O2. The molecule has 1 heterocycles. The summed E-state index contributed by atoms with van der Waals surface area (Å²) in [6.45, 7) is 1.80. The molecule has 1 aromatic carbocycles. The van der Waals surface area contributed by atoms with E-state index < -0.39 is 5.91 Å². The second kappa shape index (κ2) is 6.52. The van der Waals surface area contributed by atoms with Crippen molar-refractivity contribution in [1.29, 1.82) is 0 Å². The van der Waals surface area contributed by atoms with Crippen LogP contribution >= 0.6 is 45.2 Å². The first kappa shape index (κ1) is 15.2. The molecule has 20 heavy (non-hydrogen) atoms. The minimum absolute atomic E-state index is 0.139. The van der Waals surface area contributed by atoms with Crippen LogP contribution in [-0.4, -0.2) is 27.4 Å². The predicted octanol–water partition coefficient (Wildman–Crippen LogP) is 2.40. The van der Waals surface area contributed by atoms with Crippen molar-refractivity contribution in [1.82, 2.24) is 15.6 Å². The van der Waals surface area contributed by atoms with Gasteiger partial charge in [-0.1, -0.05) is 0 Å². The number of aromatic nitrogens is 2. The Morgan fingerprint density at radius 1 is 1.45 bits per heavy atom. The lowest BCUT2D eigenvalue weighted by molar-refractivity contribution is 0.0950. The molecule has 2 rings (SSSR count). The van der Waals surface area contributed by atoms with Crippen LogP contribution in [0.3, 0.4) is 0 Å². The van der Waals surface area contributed by atoms with E-state index in [0.717, 1.165) is 12.8 Å². The number of nitrogens with zero attached hydrogens (tertiary/aromatic N) is 2.